The summed E-state index contributed by atoms with van der Waals surface area (Å²) in [4.78, 5) is 12.5. The Hall–Kier alpha value is -1.03. The number of hydrogen-bond donors (Lipinski definition) is 1. The summed E-state index contributed by atoms with van der Waals surface area (Å²) in [6.07, 6.45) is 5.41. The molecule has 2 unspecified atom stereocenters. The van der Waals surface area contributed by atoms with E-state index >= 15 is 0 Å². The zero-order valence-corrected chi connectivity index (χ0v) is 13.5. The van der Waals surface area contributed by atoms with E-state index in [9.17, 15) is 4.79 Å². The summed E-state index contributed by atoms with van der Waals surface area (Å²) < 4.78 is 5.17. The van der Waals surface area contributed by atoms with Gasteiger partial charge in [0.05, 0.1) is 13.5 Å². The third-order valence-corrected chi connectivity index (χ3v) is 5.08. The van der Waals surface area contributed by atoms with Gasteiger partial charge >= 0.3 is 0 Å². The summed E-state index contributed by atoms with van der Waals surface area (Å²) in [5, 5.41) is 3.06. The fourth-order valence-corrected chi connectivity index (χ4v) is 3.44. The molecule has 0 radical (unpaired) electrons. The van der Waals surface area contributed by atoms with E-state index < -0.39 is 0 Å². The number of carbonyl (C=O) groups is 1. The van der Waals surface area contributed by atoms with Gasteiger partial charge in [-0.25, -0.2) is 0 Å². The standard InChI is InChI=1S/C16H22BrNO2/c1-20-14-7-4-5-12(9-14)10-16(19)18-11-13-6-2-3-8-15(13)17/h4-5,7,9,13,15H,2-3,6,8,10-11H2,1H3,(H,18,19). The Morgan fingerprint density at radius 3 is 2.95 bits per heavy atom. The number of rotatable bonds is 5. The molecule has 1 saturated carbocycles. The van der Waals surface area contributed by atoms with Crippen LogP contribution in [0.25, 0.3) is 0 Å². The van der Waals surface area contributed by atoms with Crippen molar-refractivity contribution in [1.82, 2.24) is 5.32 Å². The van der Waals surface area contributed by atoms with Crippen LogP contribution in [0.4, 0.5) is 0 Å². The highest BCUT2D eigenvalue weighted by Crippen LogP contribution is 2.29. The first-order chi connectivity index (χ1) is 9.69. The second kappa shape index (κ2) is 7.67. The highest BCUT2D eigenvalue weighted by Gasteiger charge is 2.22. The summed E-state index contributed by atoms with van der Waals surface area (Å²) in [6, 6.07) is 7.67. The van der Waals surface area contributed by atoms with Crippen molar-refractivity contribution in [2.45, 2.75) is 36.9 Å². The Morgan fingerprint density at radius 2 is 2.20 bits per heavy atom. The zero-order chi connectivity index (χ0) is 14.4. The Morgan fingerprint density at radius 1 is 1.40 bits per heavy atom. The molecule has 4 heteroatoms. The van der Waals surface area contributed by atoms with Crippen LogP contribution in [0.5, 0.6) is 5.75 Å². The summed E-state index contributed by atoms with van der Waals surface area (Å²) in [6.45, 7) is 0.777. The average molecular weight is 340 g/mol. The van der Waals surface area contributed by atoms with Crippen LogP contribution in [0.1, 0.15) is 31.2 Å². The predicted molar refractivity (Wildman–Crippen MR) is 84.4 cm³/mol. The van der Waals surface area contributed by atoms with E-state index in [0.29, 0.717) is 17.2 Å². The Labute approximate surface area is 129 Å². The molecule has 0 aliphatic heterocycles. The minimum atomic E-state index is 0.0866. The van der Waals surface area contributed by atoms with Crippen molar-refractivity contribution in [1.29, 1.82) is 0 Å². The molecule has 1 aromatic carbocycles. The number of methoxy groups -OCH3 is 1. The highest BCUT2D eigenvalue weighted by atomic mass is 79.9. The summed E-state index contributed by atoms with van der Waals surface area (Å²) >= 11 is 3.72. The van der Waals surface area contributed by atoms with E-state index in [0.717, 1.165) is 17.9 Å². The molecule has 0 heterocycles. The lowest BCUT2D eigenvalue weighted by Gasteiger charge is -2.27. The SMILES string of the molecule is COc1cccc(CC(=O)NCC2CCCCC2Br)c1. The molecule has 1 aromatic rings. The topological polar surface area (TPSA) is 38.3 Å². The first kappa shape index (κ1) is 15.4. The molecule has 2 rings (SSSR count). The molecule has 110 valence electrons. The molecule has 1 N–H and O–H groups in total. The van der Waals surface area contributed by atoms with Gasteiger partial charge in [-0.3, -0.25) is 4.79 Å². The smallest absolute Gasteiger partial charge is 0.224 e. The second-order valence-corrected chi connectivity index (χ2v) is 6.57. The van der Waals surface area contributed by atoms with Gasteiger partial charge in [0.2, 0.25) is 5.91 Å². The largest absolute Gasteiger partial charge is 0.497 e. The molecule has 0 bridgehead atoms. The summed E-state index contributed by atoms with van der Waals surface area (Å²) in [5.41, 5.74) is 0.987. The molecule has 1 aliphatic carbocycles. The van der Waals surface area contributed by atoms with Crippen molar-refractivity contribution < 1.29 is 9.53 Å². The van der Waals surface area contributed by atoms with Gasteiger partial charge < -0.3 is 10.1 Å². The number of halogens is 1. The van der Waals surface area contributed by atoms with Crippen molar-refractivity contribution in [2.75, 3.05) is 13.7 Å². The monoisotopic (exact) mass is 339 g/mol. The summed E-state index contributed by atoms with van der Waals surface area (Å²) in [7, 11) is 1.64. The number of hydrogen-bond acceptors (Lipinski definition) is 2. The van der Waals surface area contributed by atoms with Gasteiger partial charge in [0.1, 0.15) is 5.75 Å². The van der Waals surface area contributed by atoms with Crippen molar-refractivity contribution in [3.05, 3.63) is 29.8 Å². The quantitative estimate of drug-likeness (QED) is 0.835. The molecule has 1 aliphatic rings. The first-order valence-electron chi connectivity index (χ1n) is 7.22. The number of ether oxygens (including phenoxy) is 1. The van der Waals surface area contributed by atoms with Gasteiger partial charge in [-0.05, 0) is 36.5 Å². The Balaban J connectivity index is 1.79. The molecular formula is C16H22BrNO2. The first-order valence-corrected chi connectivity index (χ1v) is 8.14. The van der Waals surface area contributed by atoms with E-state index in [-0.39, 0.29) is 5.91 Å². The van der Waals surface area contributed by atoms with E-state index in [1.54, 1.807) is 7.11 Å². The van der Waals surface area contributed by atoms with Crippen molar-refractivity contribution in [3.8, 4) is 5.75 Å². The van der Waals surface area contributed by atoms with Gasteiger partial charge in [-0.15, -0.1) is 0 Å². The van der Waals surface area contributed by atoms with E-state index in [1.807, 2.05) is 24.3 Å². The second-order valence-electron chi connectivity index (χ2n) is 5.39. The van der Waals surface area contributed by atoms with Crippen LogP contribution in [0, 0.1) is 5.92 Å². The van der Waals surface area contributed by atoms with Crippen LogP contribution in [-0.4, -0.2) is 24.4 Å². The van der Waals surface area contributed by atoms with Crippen molar-refractivity contribution in [2.24, 2.45) is 5.92 Å². The molecular weight excluding hydrogens is 318 g/mol. The molecule has 2 atom stereocenters. The highest BCUT2D eigenvalue weighted by molar-refractivity contribution is 9.09. The van der Waals surface area contributed by atoms with E-state index in [4.69, 9.17) is 4.74 Å². The maximum atomic E-state index is 12.0. The van der Waals surface area contributed by atoms with Gasteiger partial charge in [0, 0.05) is 11.4 Å². The fraction of sp³-hybridized carbons (Fsp3) is 0.562. The third-order valence-electron chi connectivity index (χ3n) is 3.88. The number of nitrogens with one attached hydrogen (secondary N) is 1. The van der Waals surface area contributed by atoms with Crippen LogP contribution in [-0.2, 0) is 11.2 Å². The number of benzene rings is 1. The fourth-order valence-electron chi connectivity index (χ4n) is 2.67. The van der Waals surface area contributed by atoms with Crippen LogP contribution >= 0.6 is 15.9 Å². The molecule has 1 amide bonds. The van der Waals surface area contributed by atoms with Crippen LogP contribution in [0.2, 0.25) is 0 Å². The van der Waals surface area contributed by atoms with Crippen LogP contribution in [0.3, 0.4) is 0 Å². The number of amides is 1. The average Bonchev–Trinajstić information content (AvgIpc) is 2.46. The van der Waals surface area contributed by atoms with Gasteiger partial charge in [-0.2, -0.15) is 0 Å². The molecule has 1 fully saturated rings. The lowest BCUT2D eigenvalue weighted by molar-refractivity contribution is -0.120. The van der Waals surface area contributed by atoms with Gasteiger partial charge in [0.15, 0.2) is 0 Å². The predicted octanol–water partition coefficient (Wildman–Crippen LogP) is 3.31. The van der Waals surface area contributed by atoms with Crippen molar-refractivity contribution >= 4 is 21.8 Å². The molecule has 0 saturated heterocycles. The molecule has 0 aromatic heterocycles. The molecule has 3 nitrogen and oxygen atoms in total. The van der Waals surface area contributed by atoms with Crippen LogP contribution < -0.4 is 10.1 Å². The Kier molecular flexibility index (Phi) is 5.89. The summed E-state index contributed by atoms with van der Waals surface area (Å²) in [5.74, 6) is 1.45. The van der Waals surface area contributed by atoms with E-state index in [1.165, 1.54) is 25.7 Å². The van der Waals surface area contributed by atoms with Gasteiger partial charge in [-0.1, -0.05) is 40.9 Å². The minimum absolute atomic E-state index is 0.0866. The minimum Gasteiger partial charge on any atom is -0.497 e. The molecule has 0 spiro atoms. The Bertz CT molecular complexity index is 450. The van der Waals surface area contributed by atoms with E-state index in [2.05, 4.69) is 21.2 Å². The zero-order valence-electron chi connectivity index (χ0n) is 11.9. The normalized spacial score (nSPS) is 22.3. The maximum absolute atomic E-state index is 12.0. The van der Waals surface area contributed by atoms with Gasteiger partial charge in [0.25, 0.3) is 0 Å². The lowest BCUT2D eigenvalue weighted by Crippen LogP contribution is -2.35. The van der Waals surface area contributed by atoms with Crippen molar-refractivity contribution in [3.63, 3.8) is 0 Å². The number of alkyl halides is 1. The lowest BCUT2D eigenvalue weighted by atomic mass is 9.89. The molecule has 20 heavy (non-hydrogen) atoms. The maximum Gasteiger partial charge on any atom is 0.224 e. The number of carbonyl (C=O) groups excluding carboxylic acids is 1. The van der Waals surface area contributed by atoms with Crippen LogP contribution in [0.15, 0.2) is 24.3 Å². The third kappa shape index (κ3) is 4.51.